The lowest BCUT2D eigenvalue weighted by Crippen LogP contribution is -2.55. The van der Waals surface area contributed by atoms with E-state index in [-0.39, 0.29) is 38.0 Å². The van der Waals surface area contributed by atoms with Crippen LogP contribution in [0.1, 0.15) is 29.9 Å². The van der Waals surface area contributed by atoms with Crippen molar-refractivity contribution < 1.29 is 55.7 Å². The Bertz CT molecular complexity index is 2350. The van der Waals surface area contributed by atoms with Gasteiger partial charge in [-0.3, -0.25) is 19.1 Å². The highest BCUT2D eigenvalue weighted by molar-refractivity contribution is 7.85. The number of nitrogens with one attached hydrogen (secondary N) is 2. The molecule has 2 aromatic heterocycles. The lowest BCUT2D eigenvalue weighted by Gasteiger charge is -2.41. The first kappa shape index (κ1) is 48.8. The van der Waals surface area contributed by atoms with E-state index >= 15 is 0 Å². The van der Waals surface area contributed by atoms with E-state index in [4.69, 9.17) is 71.7 Å². The minimum Gasteiger partial charge on any atom is -0.496 e. The van der Waals surface area contributed by atoms with Crippen LogP contribution in [0.15, 0.2) is 48.8 Å². The Labute approximate surface area is 381 Å². The summed E-state index contributed by atoms with van der Waals surface area (Å²) in [4.78, 5) is 32.3. The van der Waals surface area contributed by atoms with Gasteiger partial charge in [0.1, 0.15) is 24.1 Å². The Morgan fingerprint density at radius 1 is 0.922 bits per heavy atom. The molecule has 0 bridgehead atoms. The van der Waals surface area contributed by atoms with E-state index < -0.39 is 33.4 Å². The van der Waals surface area contributed by atoms with Crippen LogP contribution in [0.5, 0.6) is 11.5 Å². The average molecular weight is 951 g/mol. The molecule has 0 aliphatic carbocycles. The Hall–Kier alpha value is -4.61. The second kappa shape index (κ2) is 22.5. The molecule has 2 aromatic carbocycles. The summed E-state index contributed by atoms with van der Waals surface area (Å²) >= 11 is 13.0. The molecule has 64 heavy (non-hydrogen) atoms. The predicted molar refractivity (Wildman–Crippen MR) is 238 cm³/mol. The van der Waals surface area contributed by atoms with E-state index in [1.165, 1.54) is 0 Å². The summed E-state index contributed by atoms with van der Waals surface area (Å²) in [5, 5.41) is 11.5. The van der Waals surface area contributed by atoms with Crippen molar-refractivity contribution in [3.05, 3.63) is 70.1 Å². The van der Waals surface area contributed by atoms with Crippen LogP contribution < -0.4 is 25.8 Å². The van der Waals surface area contributed by atoms with Crippen LogP contribution in [0.2, 0.25) is 10.0 Å². The summed E-state index contributed by atoms with van der Waals surface area (Å²) in [5.41, 5.74) is 10.00. The van der Waals surface area contributed by atoms with Crippen LogP contribution in [-0.2, 0) is 45.2 Å². The van der Waals surface area contributed by atoms with Gasteiger partial charge in [-0.1, -0.05) is 23.2 Å². The van der Waals surface area contributed by atoms with E-state index in [9.17, 15) is 18.0 Å². The number of nitrogens with zero attached hydrogens (tertiary/aromatic N) is 4. The number of amides is 2. The third kappa shape index (κ3) is 13.0. The topological polar surface area (TPSA) is 237 Å². The summed E-state index contributed by atoms with van der Waals surface area (Å²) in [6.07, 6.45) is 3.46. The SMILES string of the molecule is COc1cc2c(cc1-c1cncc(NCCOCCOCCOCCOCCNC(=O)[C@@H](N)CS(=O)(=O)O)c1)-c1c(c(C(=O)N3CCOCC3(C)C)nn1-c1cc(Cl)cc(Cl)c1)CO2. The lowest BCUT2D eigenvalue weighted by molar-refractivity contribution is -0.122. The number of hydrogen-bond donors (Lipinski definition) is 4. The van der Waals surface area contributed by atoms with Crippen LogP contribution in [0.4, 0.5) is 5.69 Å². The van der Waals surface area contributed by atoms with Crippen molar-refractivity contribution in [1.82, 2.24) is 25.0 Å². The van der Waals surface area contributed by atoms with Crippen LogP contribution in [0.25, 0.3) is 28.1 Å². The summed E-state index contributed by atoms with van der Waals surface area (Å²) in [5.74, 6) is -0.670. The van der Waals surface area contributed by atoms with Crippen molar-refractivity contribution in [1.29, 1.82) is 0 Å². The number of halogens is 2. The van der Waals surface area contributed by atoms with E-state index in [2.05, 4.69) is 15.6 Å². The molecule has 5 N–H and O–H groups in total. The largest absolute Gasteiger partial charge is 0.496 e. The number of pyridine rings is 1. The summed E-state index contributed by atoms with van der Waals surface area (Å²) < 4.78 is 72.1. The quantitative estimate of drug-likeness (QED) is 0.0610. The molecule has 4 aromatic rings. The molecule has 6 rings (SSSR count). The van der Waals surface area contributed by atoms with E-state index in [1.54, 1.807) is 47.3 Å². The first-order valence-corrected chi connectivity index (χ1v) is 22.8. The molecule has 22 heteroatoms. The van der Waals surface area contributed by atoms with Gasteiger partial charge in [0.25, 0.3) is 16.0 Å². The number of ether oxygens (including phenoxy) is 7. The zero-order valence-corrected chi connectivity index (χ0v) is 38.1. The van der Waals surface area contributed by atoms with Crippen LogP contribution in [0, 0.1) is 0 Å². The smallest absolute Gasteiger partial charge is 0.275 e. The molecule has 19 nitrogen and oxygen atoms in total. The minimum absolute atomic E-state index is 0.100. The van der Waals surface area contributed by atoms with Crippen molar-refractivity contribution in [2.45, 2.75) is 32.0 Å². The molecule has 348 valence electrons. The van der Waals surface area contributed by atoms with E-state index in [0.29, 0.717) is 110 Å². The molecule has 2 aliphatic heterocycles. The maximum absolute atomic E-state index is 14.3. The number of aromatic nitrogens is 3. The highest BCUT2D eigenvalue weighted by Crippen LogP contribution is 2.46. The summed E-state index contributed by atoms with van der Waals surface area (Å²) in [6.45, 7) is 8.58. The van der Waals surface area contributed by atoms with E-state index in [1.807, 2.05) is 32.0 Å². The van der Waals surface area contributed by atoms with Crippen molar-refractivity contribution in [2.24, 2.45) is 5.73 Å². The van der Waals surface area contributed by atoms with Crippen molar-refractivity contribution in [3.63, 3.8) is 0 Å². The highest BCUT2D eigenvalue weighted by atomic mass is 35.5. The molecule has 1 fully saturated rings. The molecule has 4 heterocycles. The number of rotatable bonds is 23. The Morgan fingerprint density at radius 2 is 1.58 bits per heavy atom. The fourth-order valence-electron chi connectivity index (χ4n) is 7.05. The highest BCUT2D eigenvalue weighted by Gasteiger charge is 2.39. The van der Waals surface area contributed by atoms with Gasteiger partial charge in [-0.25, -0.2) is 4.68 Å². The van der Waals surface area contributed by atoms with Crippen LogP contribution in [-0.4, -0.2) is 155 Å². The first-order chi connectivity index (χ1) is 30.6. The third-order valence-electron chi connectivity index (χ3n) is 10.1. The monoisotopic (exact) mass is 949 g/mol. The van der Waals surface area contributed by atoms with Gasteiger partial charge in [0.2, 0.25) is 5.91 Å². The van der Waals surface area contributed by atoms with Gasteiger partial charge >= 0.3 is 0 Å². The van der Waals surface area contributed by atoms with E-state index in [0.717, 1.165) is 16.8 Å². The Balaban J connectivity index is 1.00. The van der Waals surface area contributed by atoms with Crippen molar-refractivity contribution in [2.75, 3.05) is 104 Å². The normalized spacial score (nSPS) is 14.9. The number of carbonyl (C=O) groups excluding carboxylic acids is 2. The summed E-state index contributed by atoms with van der Waals surface area (Å²) in [7, 11) is -2.75. The fraction of sp³-hybridized carbons (Fsp3) is 0.476. The van der Waals surface area contributed by atoms with Crippen molar-refractivity contribution >= 4 is 50.8 Å². The Kier molecular flexibility index (Phi) is 17.2. The molecule has 2 aliphatic rings. The zero-order valence-electron chi connectivity index (χ0n) is 35.8. The number of benzene rings is 2. The molecule has 1 saturated heterocycles. The molecule has 0 radical (unpaired) electrons. The molecule has 0 spiro atoms. The maximum Gasteiger partial charge on any atom is 0.275 e. The van der Waals surface area contributed by atoms with Gasteiger partial charge < -0.3 is 54.4 Å². The van der Waals surface area contributed by atoms with Gasteiger partial charge in [-0.15, -0.1) is 0 Å². The number of carbonyl (C=O) groups is 2. The van der Waals surface area contributed by atoms with Crippen LogP contribution in [0.3, 0.4) is 0 Å². The predicted octanol–water partition coefficient (Wildman–Crippen LogP) is 3.87. The second-order valence-electron chi connectivity index (χ2n) is 15.4. The number of methoxy groups -OCH3 is 1. The molecule has 2 amide bonds. The van der Waals surface area contributed by atoms with Gasteiger partial charge in [0, 0.05) is 70.4 Å². The fourth-order valence-corrected chi connectivity index (χ4v) is 8.17. The number of nitrogens with two attached hydrogens (primary N) is 1. The molecular formula is C42H53Cl2N7O12S. The first-order valence-electron chi connectivity index (χ1n) is 20.5. The number of anilines is 1. The van der Waals surface area contributed by atoms with Crippen LogP contribution >= 0.6 is 23.2 Å². The van der Waals surface area contributed by atoms with Gasteiger partial charge in [0.05, 0.1) is 102 Å². The zero-order chi connectivity index (χ0) is 45.9. The molecule has 0 unspecified atom stereocenters. The average Bonchev–Trinajstić information content (AvgIpc) is 3.65. The number of morpholine rings is 1. The summed E-state index contributed by atoms with van der Waals surface area (Å²) in [6, 6.07) is 9.51. The van der Waals surface area contributed by atoms with Crippen molar-refractivity contribution in [3.8, 4) is 39.6 Å². The molecule has 1 atom stereocenters. The molecule has 0 saturated carbocycles. The van der Waals surface area contributed by atoms with Gasteiger partial charge in [-0.2, -0.15) is 13.5 Å². The third-order valence-corrected chi connectivity index (χ3v) is 11.3. The van der Waals surface area contributed by atoms with Gasteiger partial charge in [0.15, 0.2) is 5.69 Å². The van der Waals surface area contributed by atoms with Gasteiger partial charge in [-0.05, 0) is 44.2 Å². The lowest BCUT2D eigenvalue weighted by atomic mass is 9.95. The maximum atomic E-state index is 14.3. The standard InChI is InChI=1S/C42H53Cl2N7O12S/c1-42(2)26-62-9-6-50(42)41(53)38-34-24-63-37-21-36(57-3)32(20-33(37)39(34)51(49-38)31-18-28(43)17-29(44)19-31)27-16-30(23-46-22-27)47-4-7-58-10-12-60-14-15-61-13-11-59-8-5-48-40(52)35(45)25-64(54,55)56/h16-23,35,47H,4-15,24-26,45H2,1-3H3,(H,48,52)(H,54,55,56)/t35-/m0/s1. The number of fused-ring (bicyclic) bond motifs is 3. The number of hydrogen-bond acceptors (Lipinski definition) is 15. The second-order valence-corrected chi connectivity index (χ2v) is 17.7. The minimum atomic E-state index is -4.34. The molecular weight excluding hydrogens is 897 g/mol. The Morgan fingerprint density at radius 3 is 2.22 bits per heavy atom.